The van der Waals surface area contributed by atoms with Gasteiger partial charge in [0.05, 0.1) is 36.7 Å². The van der Waals surface area contributed by atoms with Crippen LogP contribution in [0.4, 0.5) is 24.8 Å². The summed E-state index contributed by atoms with van der Waals surface area (Å²) in [7, 11) is 0. The van der Waals surface area contributed by atoms with Crippen LogP contribution in [0.3, 0.4) is 0 Å². The van der Waals surface area contributed by atoms with Crippen LogP contribution in [0.5, 0.6) is 0 Å². The lowest BCUT2D eigenvalue weighted by Gasteiger charge is -2.10. The number of rotatable bonds is 6. The van der Waals surface area contributed by atoms with E-state index in [1.807, 2.05) is 0 Å². The highest BCUT2D eigenvalue weighted by atomic mass is 19.4. The predicted molar refractivity (Wildman–Crippen MR) is 93.6 cm³/mol. The number of pyridine rings is 2. The molecule has 8 nitrogen and oxygen atoms in total. The standard InChI is InChI=1S/C17H17F3N6O2/c1-10-4-13(14-8-26(25-24-14)7-12(28)9-27)22-16(5-10)23-15-6-11(2-3-21-15)17(18,19)20/h2-6,8,12,27-28H,7,9H2,1H3,(H,21,22,23)/t12-/m0/s1. The largest absolute Gasteiger partial charge is 0.416 e. The SMILES string of the molecule is Cc1cc(Nc2cc(C(F)(F)F)ccn2)nc(-c2cn(C[C@H](O)CO)nn2)c1. The van der Waals surface area contributed by atoms with Crippen molar-refractivity contribution in [2.45, 2.75) is 25.7 Å². The molecule has 0 aromatic carbocycles. The minimum Gasteiger partial charge on any atom is -0.394 e. The summed E-state index contributed by atoms with van der Waals surface area (Å²) in [5, 5.41) is 29.0. The number of aromatic nitrogens is 5. The molecule has 0 saturated heterocycles. The number of aliphatic hydroxyl groups is 2. The van der Waals surface area contributed by atoms with E-state index in [2.05, 4.69) is 25.6 Å². The molecule has 3 heterocycles. The Morgan fingerprint density at radius 1 is 1.18 bits per heavy atom. The first kappa shape index (κ1) is 19.7. The summed E-state index contributed by atoms with van der Waals surface area (Å²) in [6, 6.07) is 5.18. The van der Waals surface area contributed by atoms with Gasteiger partial charge in [0.15, 0.2) is 0 Å². The van der Waals surface area contributed by atoms with Crippen LogP contribution in [0.15, 0.2) is 36.7 Å². The molecule has 0 aliphatic carbocycles. The van der Waals surface area contributed by atoms with E-state index in [0.717, 1.165) is 23.9 Å². The van der Waals surface area contributed by atoms with E-state index in [9.17, 15) is 18.3 Å². The Morgan fingerprint density at radius 2 is 1.96 bits per heavy atom. The topological polar surface area (TPSA) is 109 Å². The highest BCUT2D eigenvalue weighted by Crippen LogP contribution is 2.30. The van der Waals surface area contributed by atoms with Gasteiger partial charge in [0, 0.05) is 6.20 Å². The van der Waals surface area contributed by atoms with Gasteiger partial charge in [0.2, 0.25) is 0 Å². The third-order valence-corrected chi connectivity index (χ3v) is 3.72. The van der Waals surface area contributed by atoms with Gasteiger partial charge in [-0.05, 0) is 36.8 Å². The number of alkyl halides is 3. The molecule has 3 aromatic rings. The molecule has 0 fully saturated rings. The Morgan fingerprint density at radius 3 is 2.68 bits per heavy atom. The summed E-state index contributed by atoms with van der Waals surface area (Å²) in [4.78, 5) is 8.24. The zero-order valence-electron chi connectivity index (χ0n) is 14.7. The molecule has 0 bridgehead atoms. The maximum atomic E-state index is 12.9. The highest BCUT2D eigenvalue weighted by Gasteiger charge is 2.30. The van der Waals surface area contributed by atoms with Crippen molar-refractivity contribution in [1.29, 1.82) is 0 Å². The zero-order chi connectivity index (χ0) is 20.3. The second-order valence-corrected chi connectivity index (χ2v) is 6.13. The summed E-state index contributed by atoms with van der Waals surface area (Å²) in [5.74, 6) is 0.306. The molecule has 1 atom stereocenters. The van der Waals surface area contributed by atoms with Gasteiger partial charge in [-0.15, -0.1) is 5.10 Å². The number of hydrogen-bond acceptors (Lipinski definition) is 7. The normalized spacial score (nSPS) is 12.8. The maximum absolute atomic E-state index is 12.9. The molecule has 3 rings (SSSR count). The Hall–Kier alpha value is -3.05. The number of anilines is 2. The molecule has 3 N–H and O–H groups in total. The number of aliphatic hydroxyl groups excluding tert-OH is 2. The Labute approximate surface area is 157 Å². The van der Waals surface area contributed by atoms with Crippen LogP contribution in [0.2, 0.25) is 0 Å². The van der Waals surface area contributed by atoms with Gasteiger partial charge in [0.1, 0.15) is 17.3 Å². The van der Waals surface area contributed by atoms with E-state index in [4.69, 9.17) is 5.11 Å². The van der Waals surface area contributed by atoms with Gasteiger partial charge in [-0.2, -0.15) is 13.2 Å². The van der Waals surface area contributed by atoms with Crippen molar-refractivity contribution in [3.05, 3.63) is 47.8 Å². The van der Waals surface area contributed by atoms with Crippen LogP contribution in [-0.2, 0) is 12.7 Å². The summed E-state index contributed by atoms with van der Waals surface area (Å²) >= 11 is 0. The fourth-order valence-electron chi connectivity index (χ4n) is 2.45. The van der Waals surface area contributed by atoms with Crippen molar-refractivity contribution in [2.75, 3.05) is 11.9 Å². The minimum absolute atomic E-state index is 0.00796. The molecule has 3 aromatic heterocycles. The quantitative estimate of drug-likeness (QED) is 0.588. The third-order valence-electron chi connectivity index (χ3n) is 3.72. The van der Waals surface area contributed by atoms with E-state index in [0.29, 0.717) is 17.2 Å². The molecule has 11 heteroatoms. The number of nitrogens with zero attached hydrogens (tertiary/aromatic N) is 5. The molecule has 0 saturated carbocycles. The van der Waals surface area contributed by atoms with Crippen LogP contribution in [0.1, 0.15) is 11.1 Å². The molecule has 0 aliphatic rings. The van der Waals surface area contributed by atoms with Crippen LogP contribution < -0.4 is 5.32 Å². The van der Waals surface area contributed by atoms with Crippen molar-refractivity contribution in [3.8, 4) is 11.4 Å². The summed E-state index contributed by atoms with van der Waals surface area (Å²) in [6.45, 7) is 1.46. The van der Waals surface area contributed by atoms with Crippen LogP contribution >= 0.6 is 0 Å². The molecule has 0 aliphatic heterocycles. The predicted octanol–water partition coefficient (Wildman–Crippen LogP) is 2.16. The van der Waals surface area contributed by atoms with Gasteiger partial charge in [0.25, 0.3) is 0 Å². The van der Waals surface area contributed by atoms with E-state index < -0.39 is 24.5 Å². The van der Waals surface area contributed by atoms with Gasteiger partial charge in [-0.1, -0.05) is 5.21 Å². The Kier molecular flexibility index (Phi) is 5.56. The van der Waals surface area contributed by atoms with E-state index >= 15 is 0 Å². The van der Waals surface area contributed by atoms with Crippen molar-refractivity contribution in [2.24, 2.45) is 0 Å². The average Bonchev–Trinajstić information content (AvgIpc) is 3.09. The molecule has 0 radical (unpaired) electrons. The second-order valence-electron chi connectivity index (χ2n) is 6.13. The lowest BCUT2D eigenvalue weighted by atomic mass is 10.2. The Balaban J connectivity index is 1.84. The van der Waals surface area contributed by atoms with Gasteiger partial charge in [-0.3, -0.25) is 0 Å². The van der Waals surface area contributed by atoms with Crippen molar-refractivity contribution < 1.29 is 23.4 Å². The smallest absolute Gasteiger partial charge is 0.394 e. The number of aryl methyl sites for hydroxylation is 1. The maximum Gasteiger partial charge on any atom is 0.416 e. The van der Waals surface area contributed by atoms with E-state index in [1.54, 1.807) is 25.3 Å². The molecule has 0 unspecified atom stereocenters. The number of nitrogens with one attached hydrogen (secondary N) is 1. The highest BCUT2D eigenvalue weighted by molar-refractivity contribution is 5.61. The van der Waals surface area contributed by atoms with E-state index in [-0.39, 0.29) is 12.4 Å². The fourth-order valence-corrected chi connectivity index (χ4v) is 2.45. The monoisotopic (exact) mass is 394 g/mol. The summed E-state index contributed by atoms with van der Waals surface area (Å²) in [6.07, 6.45) is -2.82. The van der Waals surface area contributed by atoms with Gasteiger partial charge in [-0.25, -0.2) is 14.6 Å². The first-order chi connectivity index (χ1) is 13.2. The van der Waals surface area contributed by atoms with Crippen LogP contribution in [-0.4, -0.2) is 47.9 Å². The number of hydrogen-bond donors (Lipinski definition) is 3. The third kappa shape index (κ3) is 4.81. The lowest BCUT2D eigenvalue weighted by Crippen LogP contribution is -2.20. The summed E-state index contributed by atoms with van der Waals surface area (Å²) in [5.41, 5.74) is 0.834. The molecule has 148 valence electrons. The number of halogens is 3. The molecule has 28 heavy (non-hydrogen) atoms. The molecule has 0 spiro atoms. The second kappa shape index (κ2) is 7.90. The molecule has 0 amide bonds. The van der Waals surface area contributed by atoms with E-state index in [1.165, 1.54) is 4.68 Å². The van der Waals surface area contributed by atoms with Gasteiger partial charge >= 0.3 is 6.18 Å². The average molecular weight is 394 g/mol. The van der Waals surface area contributed by atoms with Crippen molar-refractivity contribution >= 4 is 11.6 Å². The first-order valence-corrected chi connectivity index (χ1v) is 8.23. The Bertz CT molecular complexity index is 960. The van der Waals surface area contributed by atoms with Gasteiger partial charge < -0.3 is 15.5 Å². The zero-order valence-corrected chi connectivity index (χ0v) is 14.7. The molecular formula is C17H17F3N6O2. The van der Waals surface area contributed by atoms with Crippen LogP contribution in [0, 0.1) is 6.92 Å². The fraction of sp³-hybridized carbons (Fsp3) is 0.294. The van der Waals surface area contributed by atoms with Crippen molar-refractivity contribution in [1.82, 2.24) is 25.0 Å². The minimum atomic E-state index is -4.47. The summed E-state index contributed by atoms with van der Waals surface area (Å²) < 4.78 is 39.9. The first-order valence-electron chi connectivity index (χ1n) is 8.23. The molecular weight excluding hydrogens is 377 g/mol. The van der Waals surface area contributed by atoms with Crippen LogP contribution in [0.25, 0.3) is 11.4 Å². The lowest BCUT2D eigenvalue weighted by molar-refractivity contribution is -0.137. The van der Waals surface area contributed by atoms with Crippen molar-refractivity contribution in [3.63, 3.8) is 0 Å².